The molecule has 114 valence electrons. The first-order valence-corrected chi connectivity index (χ1v) is 6.84. The predicted octanol–water partition coefficient (Wildman–Crippen LogP) is 2.30. The van der Waals surface area contributed by atoms with Crippen LogP contribution in [0.4, 0.5) is 0 Å². The topological polar surface area (TPSA) is 53.6 Å². The SMILES string of the molecule is CC(C)CN=C(N)NCCN(C)Cc1ccccc1.I. The van der Waals surface area contributed by atoms with Gasteiger partial charge in [-0.15, -0.1) is 24.0 Å². The zero-order valence-corrected chi connectivity index (χ0v) is 15.0. The number of aliphatic imine (C=N–C) groups is 1. The number of nitrogens with two attached hydrogens (primary N) is 1. The van der Waals surface area contributed by atoms with Crippen molar-refractivity contribution in [3.63, 3.8) is 0 Å². The lowest BCUT2D eigenvalue weighted by Crippen LogP contribution is -2.37. The van der Waals surface area contributed by atoms with Crippen LogP contribution in [0.25, 0.3) is 0 Å². The molecule has 5 heteroatoms. The Morgan fingerprint density at radius 2 is 1.95 bits per heavy atom. The zero-order chi connectivity index (χ0) is 14.1. The molecule has 0 atom stereocenters. The van der Waals surface area contributed by atoms with Crippen molar-refractivity contribution in [2.24, 2.45) is 16.6 Å². The van der Waals surface area contributed by atoms with Gasteiger partial charge < -0.3 is 16.0 Å². The van der Waals surface area contributed by atoms with E-state index in [-0.39, 0.29) is 24.0 Å². The molecule has 3 N–H and O–H groups in total. The highest BCUT2D eigenvalue weighted by atomic mass is 127. The van der Waals surface area contributed by atoms with Crippen LogP contribution in [0.15, 0.2) is 35.3 Å². The molecule has 0 aliphatic rings. The number of guanidine groups is 1. The van der Waals surface area contributed by atoms with Crippen LogP contribution in [0, 0.1) is 5.92 Å². The maximum absolute atomic E-state index is 5.78. The number of nitrogens with one attached hydrogen (secondary N) is 1. The molecule has 0 aromatic heterocycles. The van der Waals surface area contributed by atoms with Crippen molar-refractivity contribution < 1.29 is 0 Å². The standard InChI is InChI=1S/C15H26N4.HI/c1-13(2)11-18-15(16)17-9-10-19(3)12-14-7-5-4-6-8-14;/h4-8,13H,9-12H2,1-3H3,(H3,16,17,18);1H. The van der Waals surface area contributed by atoms with Gasteiger partial charge in [0.05, 0.1) is 0 Å². The van der Waals surface area contributed by atoms with Crippen LogP contribution in [0.3, 0.4) is 0 Å². The van der Waals surface area contributed by atoms with Crippen LogP contribution < -0.4 is 11.1 Å². The minimum absolute atomic E-state index is 0. The first kappa shape index (κ1) is 19.2. The number of rotatable bonds is 7. The summed E-state index contributed by atoms with van der Waals surface area (Å²) < 4.78 is 0. The summed E-state index contributed by atoms with van der Waals surface area (Å²) in [5, 5.41) is 3.14. The lowest BCUT2D eigenvalue weighted by molar-refractivity contribution is 0.331. The van der Waals surface area contributed by atoms with Crippen molar-refractivity contribution in [1.82, 2.24) is 10.2 Å². The van der Waals surface area contributed by atoms with E-state index in [4.69, 9.17) is 5.73 Å². The highest BCUT2D eigenvalue weighted by Crippen LogP contribution is 2.01. The molecule has 0 aliphatic carbocycles. The minimum Gasteiger partial charge on any atom is -0.370 e. The van der Waals surface area contributed by atoms with E-state index in [1.54, 1.807) is 0 Å². The van der Waals surface area contributed by atoms with Gasteiger partial charge in [-0.05, 0) is 18.5 Å². The van der Waals surface area contributed by atoms with Crippen LogP contribution in [0.1, 0.15) is 19.4 Å². The number of halogens is 1. The first-order chi connectivity index (χ1) is 9.08. The Morgan fingerprint density at radius 1 is 1.30 bits per heavy atom. The average Bonchev–Trinajstić information content (AvgIpc) is 2.37. The Balaban J connectivity index is 0.00000361. The molecule has 0 unspecified atom stereocenters. The van der Waals surface area contributed by atoms with E-state index >= 15 is 0 Å². The number of hydrogen-bond donors (Lipinski definition) is 2. The van der Waals surface area contributed by atoms with Crippen molar-refractivity contribution in [3.05, 3.63) is 35.9 Å². The van der Waals surface area contributed by atoms with Gasteiger partial charge in [0, 0.05) is 26.2 Å². The Hall–Kier alpha value is -0.820. The number of benzene rings is 1. The molecule has 0 spiro atoms. The van der Waals surface area contributed by atoms with E-state index in [1.165, 1.54) is 5.56 Å². The molecule has 1 aromatic carbocycles. The van der Waals surface area contributed by atoms with Crippen LogP contribution in [-0.4, -0.2) is 37.5 Å². The summed E-state index contributed by atoms with van der Waals surface area (Å²) in [6.07, 6.45) is 0. The largest absolute Gasteiger partial charge is 0.370 e. The van der Waals surface area contributed by atoms with Gasteiger partial charge in [-0.25, -0.2) is 0 Å². The molecule has 0 bridgehead atoms. The Labute approximate surface area is 139 Å². The van der Waals surface area contributed by atoms with Gasteiger partial charge in [-0.3, -0.25) is 4.99 Å². The summed E-state index contributed by atoms with van der Waals surface area (Å²) in [5.41, 5.74) is 7.11. The molecule has 1 rings (SSSR count). The van der Waals surface area contributed by atoms with E-state index in [1.807, 2.05) is 6.07 Å². The van der Waals surface area contributed by atoms with Crippen molar-refractivity contribution in [2.75, 3.05) is 26.7 Å². The van der Waals surface area contributed by atoms with Gasteiger partial charge >= 0.3 is 0 Å². The van der Waals surface area contributed by atoms with Gasteiger partial charge in [0.1, 0.15) is 0 Å². The number of nitrogens with zero attached hydrogens (tertiary/aromatic N) is 2. The van der Waals surface area contributed by atoms with Gasteiger partial charge in [-0.1, -0.05) is 44.2 Å². The van der Waals surface area contributed by atoms with Crippen LogP contribution in [0.2, 0.25) is 0 Å². The van der Waals surface area contributed by atoms with Gasteiger partial charge in [-0.2, -0.15) is 0 Å². The van der Waals surface area contributed by atoms with E-state index in [2.05, 4.69) is 60.4 Å². The molecule has 0 fully saturated rings. The predicted molar refractivity (Wildman–Crippen MR) is 97.5 cm³/mol. The molecule has 4 nitrogen and oxygen atoms in total. The fourth-order valence-corrected chi connectivity index (χ4v) is 1.69. The Morgan fingerprint density at radius 3 is 2.55 bits per heavy atom. The fraction of sp³-hybridized carbons (Fsp3) is 0.533. The van der Waals surface area contributed by atoms with Crippen LogP contribution in [-0.2, 0) is 6.54 Å². The van der Waals surface area contributed by atoms with E-state index in [0.29, 0.717) is 11.9 Å². The smallest absolute Gasteiger partial charge is 0.188 e. The molecule has 0 amide bonds. The molecular formula is C15H27IN4. The first-order valence-electron chi connectivity index (χ1n) is 6.84. The Kier molecular flexibility index (Phi) is 10.5. The van der Waals surface area contributed by atoms with Gasteiger partial charge in [0.15, 0.2) is 5.96 Å². The van der Waals surface area contributed by atoms with E-state index < -0.39 is 0 Å². The molecular weight excluding hydrogens is 363 g/mol. The zero-order valence-electron chi connectivity index (χ0n) is 12.7. The molecule has 0 saturated heterocycles. The summed E-state index contributed by atoms with van der Waals surface area (Å²) in [6.45, 7) is 7.74. The maximum atomic E-state index is 5.78. The summed E-state index contributed by atoms with van der Waals surface area (Å²) in [7, 11) is 2.11. The molecule has 0 radical (unpaired) electrons. The lowest BCUT2D eigenvalue weighted by atomic mass is 10.2. The van der Waals surface area contributed by atoms with E-state index in [0.717, 1.165) is 26.2 Å². The Bertz CT molecular complexity index is 379. The minimum atomic E-state index is 0. The highest BCUT2D eigenvalue weighted by Gasteiger charge is 2.00. The molecule has 0 heterocycles. The monoisotopic (exact) mass is 390 g/mol. The highest BCUT2D eigenvalue weighted by molar-refractivity contribution is 14.0. The second-order valence-corrected chi connectivity index (χ2v) is 5.27. The van der Waals surface area contributed by atoms with E-state index in [9.17, 15) is 0 Å². The quantitative estimate of drug-likeness (QED) is 0.427. The second-order valence-electron chi connectivity index (χ2n) is 5.27. The summed E-state index contributed by atoms with van der Waals surface area (Å²) in [4.78, 5) is 6.53. The van der Waals surface area contributed by atoms with Gasteiger partial charge in [0.25, 0.3) is 0 Å². The number of hydrogen-bond acceptors (Lipinski definition) is 2. The summed E-state index contributed by atoms with van der Waals surface area (Å²) in [6, 6.07) is 10.5. The second kappa shape index (κ2) is 10.9. The third-order valence-corrected chi connectivity index (χ3v) is 2.72. The maximum Gasteiger partial charge on any atom is 0.188 e. The third-order valence-electron chi connectivity index (χ3n) is 2.72. The molecule has 0 saturated carbocycles. The van der Waals surface area contributed by atoms with Crippen molar-refractivity contribution >= 4 is 29.9 Å². The summed E-state index contributed by atoms with van der Waals surface area (Å²) in [5.74, 6) is 1.09. The van der Waals surface area contributed by atoms with Crippen LogP contribution >= 0.6 is 24.0 Å². The van der Waals surface area contributed by atoms with Crippen LogP contribution in [0.5, 0.6) is 0 Å². The molecule has 1 aromatic rings. The lowest BCUT2D eigenvalue weighted by Gasteiger charge is -2.17. The molecule has 0 aliphatic heterocycles. The van der Waals surface area contributed by atoms with Crippen molar-refractivity contribution in [1.29, 1.82) is 0 Å². The fourth-order valence-electron chi connectivity index (χ4n) is 1.69. The summed E-state index contributed by atoms with van der Waals surface area (Å²) >= 11 is 0. The van der Waals surface area contributed by atoms with Gasteiger partial charge in [0.2, 0.25) is 0 Å². The molecule has 20 heavy (non-hydrogen) atoms. The normalized spacial score (nSPS) is 11.6. The number of likely N-dealkylation sites (N-methyl/N-ethyl adjacent to an activating group) is 1. The van der Waals surface area contributed by atoms with Crippen molar-refractivity contribution in [3.8, 4) is 0 Å². The average molecular weight is 390 g/mol. The van der Waals surface area contributed by atoms with Crippen molar-refractivity contribution in [2.45, 2.75) is 20.4 Å². The third kappa shape index (κ3) is 9.14.